The van der Waals surface area contributed by atoms with E-state index in [1.165, 1.54) is 7.05 Å². The Hall–Kier alpha value is -1.67. The topological polar surface area (TPSA) is 119 Å². The number of hydrogen-bond donors (Lipinski definition) is 4. The zero-order valence-corrected chi connectivity index (χ0v) is 16.8. The zero-order valence-electron chi connectivity index (χ0n) is 16.8. The van der Waals surface area contributed by atoms with Gasteiger partial charge in [0.25, 0.3) is 5.91 Å². The number of amides is 4. The monoisotopic (exact) mass is 373 g/mol. The van der Waals surface area contributed by atoms with Crippen molar-refractivity contribution in [2.24, 2.45) is 11.3 Å². The lowest BCUT2D eigenvalue weighted by molar-refractivity contribution is -0.163. The van der Waals surface area contributed by atoms with Crippen molar-refractivity contribution in [1.29, 1.82) is 0 Å². The third kappa shape index (κ3) is 6.25. The number of nitrogens with zero attached hydrogens (tertiary/aromatic N) is 1. The standard InChI is InChI=1S/C18H35N3O5/c1-7-18(8-2,9-3)14(15(23)19-6)20-17(25)21(26)16(24)13(22)11-10-12(4)5/h12-14,22,26H,7-11H2,1-6H3,(H,19,23)(H,20,25)/t13-,14+/m0/s1. The number of nitrogens with one attached hydrogen (secondary N) is 2. The predicted octanol–water partition coefficient (Wildman–Crippen LogP) is 2.04. The molecule has 0 spiro atoms. The molecule has 4 amide bonds. The van der Waals surface area contributed by atoms with Gasteiger partial charge in [-0.05, 0) is 43.4 Å². The molecule has 152 valence electrons. The molecular formula is C18H35N3O5. The molecule has 0 unspecified atom stereocenters. The number of hydrogen-bond acceptors (Lipinski definition) is 5. The lowest BCUT2D eigenvalue weighted by Gasteiger charge is -2.38. The van der Waals surface area contributed by atoms with Gasteiger partial charge in [0.1, 0.15) is 12.1 Å². The van der Waals surface area contributed by atoms with Crippen LogP contribution in [-0.2, 0) is 9.59 Å². The zero-order chi connectivity index (χ0) is 20.5. The second-order valence-corrected chi connectivity index (χ2v) is 7.06. The number of carbonyl (C=O) groups excluding carboxylic acids is 3. The van der Waals surface area contributed by atoms with E-state index in [1.807, 2.05) is 34.6 Å². The van der Waals surface area contributed by atoms with Crippen molar-refractivity contribution in [2.45, 2.75) is 78.9 Å². The third-order valence-corrected chi connectivity index (χ3v) is 5.20. The first-order valence-electron chi connectivity index (χ1n) is 9.33. The fourth-order valence-corrected chi connectivity index (χ4v) is 3.04. The summed E-state index contributed by atoms with van der Waals surface area (Å²) >= 11 is 0. The first-order valence-corrected chi connectivity index (χ1v) is 9.33. The average Bonchev–Trinajstić information content (AvgIpc) is 2.64. The molecule has 0 fully saturated rings. The van der Waals surface area contributed by atoms with Gasteiger partial charge in [0, 0.05) is 7.05 Å². The lowest BCUT2D eigenvalue weighted by Crippen LogP contribution is -2.59. The van der Waals surface area contributed by atoms with E-state index in [0.717, 1.165) is 0 Å². The third-order valence-electron chi connectivity index (χ3n) is 5.20. The number of aliphatic hydroxyl groups is 1. The van der Waals surface area contributed by atoms with E-state index in [9.17, 15) is 24.7 Å². The van der Waals surface area contributed by atoms with Gasteiger partial charge in [-0.25, -0.2) is 4.79 Å². The molecule has 0 rings (SSSR count). The fourth-order valence-electron chi connectivity index (χ4n) is 3.04. The van der Waals surface area contributed by atoms with Crippen LogP contribution in [0.3, 0.4) is 0 Å². The van der Waals surface area contributed by atoms with Crippen LogP contribution < -0.4 is 10.6 Å². The minimum atomic E-state index is -1.47. The quantitative estimate of drug-likeness (QED) is 0.345. The van der Waals surface area contributed by atoms with E-state index in [4.69, 9.17) is 0 Å². The van der Waals surface area contributed by atoms with Gasteiger partial charge in [0.15, 0.2) is 0 Å². The normalized spacial score (nSPS) is 13.9. The Balaban J connectivity index is 5.25. The smallest absolute Gasteiger partial charge is 0.349 e. The molecule has 8 nitrogen and oxygen atoms in total. The van der Waals surface area contributed by atoms with Crippen molar-refractivity contribution < 1.29 is 24.7 Å². The molecule has 0 radical (unpaired) electrons. The molecule has 0 aliphatic heterocycles. The number of imide groups is 1. The van der Waals surface area contributed by atoms with Crippen molar-refractivity contribution in [3.8, 4) is 0 Å². The number of likely N-dealkylation sites (N-methyl/N-ethyl adjacent to an activating group) is 1. The Morgan fingerprint density at radius 3 is 1.92 bits per heavy atom. The number of aliphatic hydroxyl groups excluding tert-OH is 1. The first-order chi connectivity index (χ1) is 12.1. The summed E-state index contributed by atoms with van der Waals surface area (Å²) in [5.41, 5.74) is -0.504. The summed E-state index contributed by atoms with van der Waals surface area (Å²) in [6, 6.07) is -2.03. The van der Waals surface area contributed by atoms with Crippen LogP contribution in [-0.4, -0.2) is 52.4 Å². The average molecular weight is 373 g/mol. The molecule has 0 aliphatic carbocycles. The Morgan fingerprint density at radius 1 is 1.04 bits per heavy atom. The molecule has 0 aromatic carbocycles. The van der Waals surface area contributed by atoms with Gasteiger partial charge in [-0.1, -0.05) is 34.6 Å². The lowest BCUT2D eigenvalue weighted by atomic mass is 9.73. The van der Waals surface area contributed by atoms with Crippen molar-refractivity contribution in [2.75, 3.05) is 7.05 Å². The number of hydroxylamine groups is 2. The molecule has 0 bridgehead atoms. The number of carbonyl (C=O) groups is 3. The van der Waals surface area contributed by atoms with Crippen LogP contribution in [0.25, 0.3) is 0 Å². The van der Waals surface area contributed by atoms with E-state index in [2.05, 4.69) is 10.6 Å². The van der Waals surface area contributed by atoms with Crippen LogP contribution in [0.2, 0.25) is 0 Å². The summed E-state index contributed by atoms with van der Waals surface area (Å²) in [6.07, 6.45) is 1.15. The van der Waals surface area contributed by atoms with Gasteiger partial charge in [-0.2, -0.15) is 0 Å². The highest BCUT2D eigenvalue weighted by Crippen LogP contribution is 2.34. The summed E-state index contributed by atoms with van der Waals surface area (Å²) in [7, 11) is 1.46. The molecule has 0 saturated heterocycles. The summed E-state index contributed by atoms with van der Waals surface area (Å²) < 4.78 is 0. The highest BCUT2D eigenvalue weighted by Gasteiger charge is 2.41. The maximum Gasteiger partial charge on any atom is 0.349 e. The molecule has 0 heterocycles. The molecule has 0 saturated carbocycles. The van der Waals surface area contributed by atoms with Crippen molar-refractivity contribution in [1.82, 2.24) is 15.7 Å². The van der Waals surface area contributed by atoms with Gasteiger partial charge in [-0.15, -0.1) is 5.06 Å². The number of urea groups is 1. The van der Waals surface area contributed by atoms with Crippen LogP contribution in [0.1, 0.15) is 66.7 Å². The molecular weight excluding hydrogens is 338 g/mol. The molecule has 26 heavy (non-hydrogen) atoms. The Labute approximate surface area is 156 Å². The summed E-state index contributed by atoms with van der Waals surface area (Å²) in [5.74, 6) is -1.23. The molecule has 0 aromatic rings. The van der Waals surface area contributed by atoms with Crippen LogP contribution >= 0.6 is 0 Å². The van der Waals surface area contributed by atoms with Crippen LogP contribution in [0.5, 0.6) is 0 Å². The summed E-state index contributed by atoms with van der Waals surface area (Å²) in [4.78, 5) is 36.7. The van der Waals surface area contributed by atoms with Crippen molar-refractivity contribution >= 4 is 17.8 Å². The second kappa shape index (κ2) is 11.1. The van der Waals surface area contributed by atoms with Gasteiger partial charge < -0.3 is 15.7 Å². The summed E-state index contributed by atoms with van der Waals surface area (Å²) in [6.45, 7) is 9.65. The number of rotatable bonds is 10. The highest BCUT2D eigenvalue weighted by molar-refractivity contribution is 5.97. The fraction of sp³-hybridized carbons (Fsp3) is 0.833. The van der Waals surface area contributed by atoms with E-state index in [-0.39, 0.29) is 17.4 Å². The van der Waals surface area contributed by atoms with E-state index in [1.54, 1.807) is 0 Å². The van der Waals surface area contributed by atoms with E-state index in [0.29, 0.717) is 25.7 Å². The minimum Gasteiger partial charge on any atom is -0.383 e. The Morgan fingerprint density at radius 2 is 1.54 bits per heavy atom. The largest absolute Gasteiger partial charge is 0.383 e. The SMILES string of the molecule is CCC(CC)(CC)[C@H](NC(=O)N(O)C(=O)[C@@H](O)CCC(C)C)C(=O)NC. The van der Waals surface area contributed by atoms with Gasteiger partial charge in [0.05, 0.1) is 0 Å². The van der Waals surface area contributed by atoms with E-state index < -0.39 is 35.4 Å². The minimum absolute atomic E-state index is 0.132. The van der Waals surface area contributed by atoms with Crippen LogP contribution in [0.4, 0.5) is 4.79 Å². The molecule has 4 N–H and O–H groups in total. The Bertz CT molecular complexity index is 469. The van der Waals surface area contributed by atoms with Crippen LogP contribution in [0.15, 0.2) is 0 Å². The van der Waals surface area contributed by atoms with Gasteiger partial charge in [0.2, 0.25) is 5.91 Å². The maximum absolute atomic E-state index is 12.3. The first kappa shape index (κ1) is 24.3. The van der Waals surface area contributed by atoms with Crippen LogP contribution in [0, 0.1) is 11.3 Å². The molecule has 0 aromatic heterocycles. The molecule has 8 heteroatoms. The summed E-state index contributed by atoms with van der Waals surface area (Å²) in [5, 5.41) is 24.6. The maximum atomic E-state index is 12.3. The Kier molecular flexibility index (Phi) is 10.4. The van der Waals surface area contributed by atoms with E-state index >= 15 is 0 Å². The predicted molar refractivity (Wildman–Crippen MR) is 98.4 cm³/mol. The highest BCUT2D eigenvalue weighted by atomic mass is 16.5. The van der Waals surface area contributed by atoms with Crippen molar-refractivity contribution in [3.05, 3.63) is 0 Å². The van der Waals surface area contributed by atoms with Crippen molar-refractivity contribution in [3.63, 3.8) is 0 Å². The molecule has 2 atom stereocenters. The molecule has 0 aliphatic rings. The second-order valence-electron chi connectivity index (χ2n) is 7.06. The van der Waals surface area contributed by atoms with Gasteiger partial charge in [-0.3, -0.25) is 14.8 Å². The van der Waals surface area contributed by atoms with Gasteiger partial charge >= 0.3 is 6.03 Å².